The van der Waals surface area contributed by atoms with Crippen LogP contribution in [0.15, 0.2) is 30.6 Å². The maximum absolute atomic E-state index is 13.1. The Balaban J connectivity index is 1.99. The fraction of sp³-hybridized carbons (Fsp3) is 0.412. The molecule has 2 aromatic rings. The van der Waals surface area contributed by atoms with Crippen molar-refractivity contribution in [3.05, 3.63) is 51.8 Å². The van der Waals surface area contributed by atoms with Crippen molar-refractivity contribution >= 4 is 11.6 Å². The lowest BCUT2D eigenvalue weighted by molar-refractivity contribution is -0.385. The molecule has 3 rings (SSSR count). The molecule has 132 valence electrons. The fourth-order valence-corrected chi connectivity index (χ4v) is 3.26. The minimum absolute atomic E-state index is 0.0557. The van der Waals surface area contributed by atoms with Gasteiger partial charge in [0.25, 0.3) is 11.6 Å². The molecule has 1 aromatic carbocycles. The Hall–Kier alpha value is -2.90. The van der Waals surface area contributed by atoms with Crippen LogP contribution in [0, 0.1) is 10.1 Å². The Morgan fingerprint density at radius 1 is 1.40 bits per heavy atom. The summed E-state index contributed by atoms with van der Waals surface area (Å²) < 4.78 is 6.83. The lowest BCUT2D eigenvalue weighted by atomic mass is 9.96. The van der Waals surface area contributed by atoms with Crippen LogP contribution in [-0.4, -0.2) is 39.2 Å². The highest BCUT2D eigenvalue weighted by Gasteiger charge is 2.33. The van der Waals surface area contributed by atoms with Gasteiger partial charge in [-0.1, -0.05) is 0 Å². The van der Waals surface area contributed by atoms with E-state index < -0.39 is 4.92 Å². The first-order chi connectivity index (χ1) is 12.0. The van der Waals surface area contributed by atoms with Gasteiger partial charge in [0.2, 0.25) is 0 Å². The van der Waals surface area contributed by atoms with Crippen LogP contribution in [-0.2, 0) is 7.05 Å². The molecule has 0 saturated carbocycles. The molecular formula is C17H20N4O4. The van der Waals surface area contributed by atoms with E-state index in [2.05, 4.69) is 5.10 Å². The van der Waals surface area contributed by atoms with Gasteiger partial charge in [-0.15, -0.1) is 0 Å². The molecule has 0 radical (unpaired) electrons. The third-order valence-corrected chi connectivity index (χ3v) is 4.50. The molecule has 8 nitrogen and oxygen atoms in total. The molecule has 1 aromatic heterocycles. The summed E-state index contributed by atoms with van der Waals surface area (Å²) in [4.78, 5) is 25.6. The summed E-state index contributed by atoms with van der Waals surface area (Å²) in [5.41, 5.74) is 0.794. The summed E-state index contributed by atoms with van der Waals surface area (Å²) in [5, 5.41) is 15.5. The molecule has 1 atom stereocenters. The van der Waals surface area contributed by atoms with Crippen molar-refractivity contribution in [3.63, 3.8) is 0 Å². The van der Waals surface area contributed by atoms with E-state index in [4.69, 9.17) is 4.74 Å². The quantitative estimate of drug-likeness (QED) is 0.628. The van der Waals surface area contributed by atoms with Gasteiger partial charge in [0.05, 0.1) is 24.3 Å². The number of nitro groups is 1. The molecule has 1 saturated heterocycles. The molecule has 1 aliphatic rings. The third kappa shape index (κ3) is 3.33. The summed E-state index contributed by atoms with van der Waals surface area (Å²) >= 11 is 0. The Kier molecular flexibility index (Phi) is 4.69. The van der Waals surface area contributed by atoms with Crippen molar-refractivity contribution in [1.29, 1.82) is 0 Å². The lowest BCUT2D eigenvalue weighted by Crippen LogP contribution is -2.38. The van der Waals surface area contributed by atoms with Gasteiger partial charge in [-0.05, 0) is 31.4 Å². The molecule has 25 heavy (non-hydrogen) atoms. The first kappa shape index (κ1) is 16.9. The zero-order valence-corrected chi connectivity index (χ0v) is 14.2. The number of likely N-dealkylation sites (tertiary alicyclic amines) is 1. The first-order valence-corrected chi connectivity index (χ1v) is 8.13. The van der Waals surface area contributed by atoms with Crippen LogP contribution in [0.1, 0.15) is 41.2 Å². The SMILES string of the molecule is COc1ccc([N+](=O)[O-])c(C(=O)N2CCCC[C@H]2c2cnn(C)c2)c1. The van der Waals surface area contributed by atoms with Crippen molar-refractivity contribution in [2.75, 3.05) is 13.7 Å². The van der Waals surface area contributed by atoms with E-state index in [1.54, 1.807) is 15.8 Å². The molecule has 0 bridgehead atoms. The molecular weight excluding hydrogens is 324 g/mol. The number of hydrogen-bond donors (Lipinski definition) is 0. The van der Waals surface area contributed by atoms with Crippen LogP contribution >= 0.6 is 0 Å². The Morgan fingerprint density at radius 2 is 2.20 bits per heavy atom. The minimum atomic E-state index is -0.532. The largest absolute Gasteiger partial charge is 0.497 e. The summed E-state index contributed by atoms with van der Waals surface area (Å²) in [6, 6.07) is 4.12. The minimum Gasteiger partial charge on any atom is -0.497 e. The predicted octanol–water partition coefficient (Wildman–Crippen LogP) is 2.70. The number of carbonyl (C=O) groups excluding carboxylic acids is 1. The highest BCUT2D eigenvalue weighted by atomic mass is 16.6. The molecule has 0 spiro atoms. The molecule has 2 heterocycles. The van der Waals surface area contributed by atoms with Gasteiger partial charge in [-0.2, -0.15) is 5.10 Å². The Morgan fingerprint density at radius 3 is 2.84 bits per heavy atom. The summed E-state index contributed by atoms with van der Waals surface area (Å²) in [6.07, 6.45) is 6.32. The number of carbonyl (C=O) groups is 1. The monoisotopic (exact) mass is 344 g/mol. The van der Waals surface area contributed by atoms with Crippen molar-refractivity contribution in [2.24, 2.45) is 7.05 Å². The topological polar surface area (TPSA) is 90.5 Å². The second-order valence-electron chi connectivity index (χ2n) is 6.10. The van der Waals surface area contributed by atoms with Gasteiger partial charge >= 0.3 is 0 Å². The van der Waals surface area contributed by atoms with Crippen LogP contribution in [0.4, 0.5) is 5.69 Å². The number of aromatic nitrogens is 2. The van der Waals surface area contributed by atoms with Gasteiger partial charge in [-0.3, -0.25) is 19.6 Å². The average Bonchev–Trinajstić information content (AvgIpc) is 3.06. The summed E-state index contributed by atoms with van der Waals surface area (Å²) in [6.45, 7) is 0.562. The number of rotatable bonds is 4. The van der Waals surface area contributed by atoms with E-state index in [-0.39, 0.29) is 23.2 Å². The number of nitro benzene ring substituents is 1. The van der Waals surface area contributed by atoms with Crippen LogP contribution in [0.3, 0.4) is 0 Å². The standard InChI is InChI=1S/C17H20N4O4/c1-19-11-12(10-18-19)15-5-3-4-8-20(15)17(22)14-9-13(25-2)6-7-16(14)21(23)24/h6-7,9-11,15H,3-5,8H2,1-2H3/t15-/m0/s1. The smallest absolute Gasteiger partial charge is 0.282 e. The number of amides is 1. The average molecular weight is 344 g/mol. The second kappa shape index (κ2) is 6.92. The van der Waals surface area contributed by atoms with Crippen molar-refractivity contribution in [2.45, 2.75) is 25.3 Å². The normalized spacial score (nSPS) is 17.4. The van der Waals surface area contributed by atoms with Gasteiger partial charge in [0.15, 0.2) is 0 Å². The Bertz CT molecular complexity index is 802. The molecule has 1 aliphatic heterocycles. The first-order valence-electron chi connectivity index (χ1n) is 8.13. The van der Waals surface area contributed by atoms with E-state index in [9.17, 15) is 14.9 Å². The molecule has 0 aliphatic carbocycles. The van der Waals surface area contributed by atoms with E-state index in [1.807, 2.05) is 13.2 Å². The van der Waals surface area contributed by atoms with Crippen molar-refractivity contribution in [1.82, 2.24) is 14.7 Å². The number of hydrogen-bond acceptors (Lipinski definition) is 5. The molecule has 1 fully saturated rings. The zero-order chi connectivity index (χ0) is 18.0. The van der Waals surface area contributed by atoms with Gasteiger partial charge < -0.3 is 9.64 Å². The van der Waals surface area contributed by atoms with E-state index in [0.717, 1.165) is 24.8 Å². The second-order valence-corrected chi connectivity index (χ2v) is 6.10. The maximum Gasteiger partial charge on any atom is 0.282 e. The number of ether oxygens (including phenoxy) is 1. The molecule has 8 heteroatoms. The summed E-state index contributed by atoms with van der Waals surface area (Å²) in [7, 11) is 3.29. The number of aryl methyl sites for hydroxylation is 1. The Labute approximate surface area is 145 Å². The van der Waals surface area contributed by atoms with E-state index >= 15 is 0 Å². The highest BCUT2D eigenvalue weighted by molar-refractivity contribution is 5.99. The van der Waals surface area contributed by atoms with Crippen molar-refractivity contribution in [3.8, 4) is 5.75 Å². The molecule has 0 N–H and O–H groups in total. The zero-order valence-electron chi connectivity index (χ0n) is 14.2. The van der Waals surface area contributed by atoms with Crippen LogP contribution < -0.4 is 4.74 Å². The van der Waals surface area contributed by atoms with Gasteiger partial charge in [0.1, 0.15) is 11.3 Å². The van der Waals surface area contributed by atoms with Crippen LogP contribution in [0.25, 0.3) is 0 Å². The lowest BCUT2D eigenvalue weighted by Gasteiger charge is -2.35. The van der Waals surface area contributed by atoms with Crippen molar-refractivity contribution < 1.29 is 14.5 Å². The third-order valence-electron chi connectivity index (χ3n) is 4.50. The molecule has 0 unspecified atom stereocenters. The van der Waals surface area contributed by atoms with Gasteiger partial charge in [-0.25, -0.2) is 0 Å². The summed E-state index contributed by atoms with van der Waals surface area (Å²) in [5.74, 6) is 0.0723. The fourth-order valence-electron chi connectivity index (χ4n) is 3.26. The predicted molar refractivity (Wildman–Crippen MR) is 90.5 cm³/mol. The van der Waals surface area contributed by atoms with Crippen LogP contribution in [0.5, 0.6) is 5.75 Å². The van der Waals surface area contributed by atoms with Gasteiger partial charge in [0, 0.05) is 31.4 Å². The molecule has 1 amide bonds. The van der Waals surface area contributed by atoms with Crippen LogP contribution in [0.2, 0.25) is 0 Å². The van der Waals surface area contributed by atoms with E-state index in [1.165, 1.54) is 25.3 Å². The number of methoxy groups -OCH3 is 1. The van der Waals surface area contributed by atoms with E-state index in [0.29, 0.717) is 12.3 Å². The number of piperidine rings is 1. The number of benzene rings is 1. The maximum atomic E-state index is 13.1. The highest BCUT2D eigenvalue weighted by Crippen LogP contribution is 2.34. The number of nitrogens with zero attached hydrogens (tertiary/aromatic N) is 4.